The molecule has 0 bridgehead atoms. The van der Waals surface area contributed by atoms with Gasteiger partial charge in [-0.05, 0) is 42.5 Å². The Bertz CT molecular complexity index is 1050. The molecule has 2 aromatic carbocycles. The Balaban J connectivity index is 1.50. The molecule has 7 heteroatoms. The molecular weight excluding hydrogens is 332 g/mol. The minimum absolute atomic E-state index is 0.124. The zero-order valence-electron chi connectivity index (χ0n) is 14.0. The molecule has 0 radical (unpaired) electrons. The number of ether oxygens (including phenoxy) is 1. The molecule has 0 spiro atoms. The maximum atomic E-state index is 12.4. The topological polar surface area (TPSA) is 82.2 Å². The van der Waals surface area contributed by atoms with E-state index in [1.807, 2.05) is 53.2 Å². The van der Waals surface area contributed by atoms with Crippen LogP contribution < -0.4 is 10.1 Å². The summed E-state index contributed by atoms with van der Waals surface area (Å²) < 4.78 is 12.3. The predicted molar refractivity (Wildman–Crippen MR) is 96.9 cm³/mol. The molecule has 0 aliphatic heterocycles. The van der Waals surface area contributed by atoms with Gasteiger partial charge in [0.1, 0.15) is 12.3 Å². The van der Waals surface area contributed by atoms with E-state index in [9.17, 15) is 4.79 Å². The van der Waals surface area contributed by atoms with Gasteiger partial charge in [0.2, 0.25) is 18.2 Å². The van der Waals surface area contributed by atoms with Crippen molar-refractivity contribution in [1.82, 2.24) is 14.8 Å². The molecule has 0 saturated heterocycles. The molecule has 2 aromatic heterocycles. The first-order valence-corrected chi connectivity index (χ1v) is 8.02. The van der Waals surface area contributed by atoms with Crippen molar-refractivity contribution in [2.24, 2.45) is 0 Å². The quantitative estimate of drug-likeness (QED) is 0.598. The summed E-state index contributed by atoms with van der Waals surface area (Å²) >= 11 is 0. The molecule has 2 heterocycles. The second-order valence-electron chi connectivity index (χ2n) is 5.74. The van der Waals surface area contributed by atoms with E-state index in [2.05, 4.69) is 15.5 Å². The smallest absolute Gasteiger partial charge is 0.247 e. The van der Waals surface area contributed by atoms with Crippen molar-refractivity contribution in [2.75, 3.05) is 12.4 Å². The average molecular weight is 348 g/mol. The Morgan fingerprint density at radius 2 is 2.15 bits per heavy atom. The van der Waals surface area contributed by atoms with E-state index in [0.29, 0.717) is 11.6 Å². The Hall–Kier alpha value is -3.61. The highest BCUT2D eigenvalue weighted by molar-refractivity contribution is 5.92. The molecule has 1 N–H and O–H groups in total. The Morgan fingerprint density at radius 3 is 2.96 bits per heavy atom. The molecule has 0 unspecified atom stereocenters. The van der Waals surface area contributed by atoms with E-state index in [1.54, 1.807) is 13.2 Å². The second-order valence-corrected chi connectivity index (χ2v) is 5.74. The number of rotatable bonds is 5. The number of fused-ring (bicyclic) bond motifs is 1. The first-order valence-electron chi connectivity index (χ1n) is 8.02. The lowest BCUT2D eigenvalue weighted by molar-refractivity contribution is -0.116. The van der Waals surface area contributed by atoms with Gasteiger partial charge in [0.15, 0.2) is 0 Å². The van der Waals surface area contributed by atoms with E-state index in [4.69, 9.17) is 9.15 Å². The zero-order valence-corrected chi connectivity index (χ0v) is 14.0. The first kappa shape index (κ1) is 15.9. The summed E-state index contributed by atoms with van der Waals surface area (Å²) in [5, 5.41) is 11.5. The number of benzene rings is 2. The SMILES string of the molecule is COc1ccc2c(ccn2CC(=O)Nc2cccc(-c3nnco3)c2)c1. The number of anilines is 1. The van der Waals surface area contributed by atoms with Gasteiger partial charge in [0, 0.05) is 28.4 Å². The monoisotopic (exact) mass is 348 g/mol. The van der Waals surface area contributed by atoms with Gasteiger partial charge < -0.3 is 19.0 Å². The minimum atomic E-state index is -0.124. The number of hydrogen-bond acceptors (Lipinski definition) is 5. The third kappa shape index (κ3) is 3.14. The highest BCUT2D eigenvalue weighted by atomic mass is 16.5. The number of carbonyl (C=O) groups is 1. The zero-order chi connectivity index (χ0) is 17.9. The lowest BCUT2D eigenvalue weighted by atomic mass is 10.2. The number of hydrogen-bond donors (Lipinski definition) is 1. The summed E-state index contributed by atoms with van der Waals surface area (Å²) in [4.78, 5) is 12.4. The third-order valence-electron chi connectivity index (χ3n) is 4.05. The molecule has 7 nitrogen and oxygen atoms in total. The first-order chi connectivity index (χ1) is 12.7. The van der Waals surface area contributed by atoms with Gasteiger partial charge in [-0.15, -0.1) is 10.2 Å². The number of methoxy groups -OCH3 is 1. The van der Waals surface area contributed by atoms with E-state index < -0.39 is 0 Å². The molecule has 0 atom stereocenters. The highest BCUT2D eigenvalue weighted by Crippen LogP contribution is 2.23. The molecular formula is C19H16N4O3. The van der Waals surface area contributed by atoms with Crippen LogP contribution in [0.15, 0.2) is 65.5 Å². The summed E-state index contributed by atoms with van der Waals surface area (Å²) in [7, 11) is 1.63. The fraction of sp³-hybridized carbons (Fsp3) is 0.105. The van der Waals surface area contributed by atoms with E-state index in [-0.39, 0.29) is 12.5 Å². The Kier molecular flexibility index (Phi) is 4.10. The van der Waals surface area contributed by atoms with Crippen molar-refractivity contribution in [3.8, 4) is 17.2 Å². The van der Waals surface area contributed by atoms with Crippen LogP contribution >= 0.6 is 0 Å². The van der Waals surface area contributed by atoms with Crippen molar-refractivity contribution in [3.05, 3.63) is 61.1 Å². The molecule has 26 heavy (non-hydrogen) atoms. The summed E-state index contributed by atoms with van der Waals surface area (Å²) in [5.41, 5.74) is 2.39. The van der Waals surface area contributed by atoms with Gasteiger partial charge in [-0.1, -0.05) is 6.07 Å². The van der Waals surface area contributed by atoms with Gasteiger partial charge in [0.25, 0.3) is 0 Å². The van der Waals surface area contributed by atoms with Crippen molar-refractivity contribution < 1.29 is 13.9 Å². The minimum Gasteiger partial charge on any atom is -0.497 e. The maximum absolute atomic E-state index is 12.4. The maximum Gasteiger partial charge on any atom is 0.247 e. The fourth-order valence-electron chi connectivity index (χ4n) is 2.83. The lowest BCUT2D eigenvalue weighted by Gasteiger charge is -2.08. The van der Waals surface area contributed by atoms with Crippen LogP contribution in [-0.2, 0) is 11.3 Å². The van der Waals surface area contributed by atoms with Gasteiger partial charge in [-0.2, -0.15) is 0 Å². The predicted octanol–water partition coefficient (Wildman–Crippen LogP) is 3.34. The van der Waals surface area contributed by atoms with Gasteiger partial charge in [0.05, 0.1) is 7.11 Å². The molecule has 0 aliphatic rings. The normalized spacial score (nSPS) is 10.8. The van der Waals surface area contributed by atoms with Crippen LogP contribution in [0.25, 0.3) is 22.4 Å². The van der Waals surface area contributed by atoms with Crippen molar-refractivity contribution in [3.63, 3.8) is 0 Å². The number of nitrogens with one attached hydrogen (secondary N) is 1. The standard InChI is InChI=1S/C19H16N4O3/c1-25-16-5-6-17-13(10-16)7-8-23(17)11-18(24)21-15-4-2-3-14(9-15)19-22-20-12-26-19/h2-10,12H,11H2,1H3,(H,21,24). The van der Waals surface area contributed by atoms with E-state index >= 15 is 0 Å². The van der Waals surface area contributed by atoms with Gasteiger partial charge >= 0.3 is 0 Å². The number of carbonyl (C=O) groups excluding carboxylic acids is 1. The molecule has 1 amide bonds. The van der Waals surface area contributed by atoms with Crippen LogP contribution in [0.2, 0.25) is 0 Å². The number of amides is 1. The van der Waals surface area contributed by atoms with Crippen LogP contribution in [0.1, 0.15) is 0 Å². The van der Waals surface area contributed by atoms with Crippen LogP contribution in [0.5, 0.6) is 5.75 Å². The third-order valence-corrected chi connectivity index (χ3v) is 4.05. The molecule has 4 rings (SSSR count). The fourth-order valence-corrected chi connectivity index (χ4v) is 2.83. The largest absolute Gasteiger partial charge is 0.497 e. The summed E-state index contributed by atoms with van der Waals surface area (Å²) in [5.74, 6) is 1.07. The summed E-state index contributed by atoms with van der Waals surface area (Å²) in [6, 6.07) is 15.0. The van der Waals surface area contributed by atoms with Crippen molar-refractivity contribution in [2.45, 2.75) is 6.54 Å². The van der Waals surface area contributed by atoms with Crippen molar-refractivity contribution >= 4 is 22.5 Å². The van der Waals surface area contributed by atoms with Crippen LogP contribution in [0, 0.1) is 0 Å². The lowest BCUT2D eigenvalue weighted by Crippen LogP contribution is -2.18. The van der Waals surface area contributed by atoms with Crippen LogP contribution in [0.3, 0.4) is 0 Å². The molecule has 130 valence electrons. The van der Waals surface area contributed by atoms with E-state index in [0.717, 1.165) is 22.2 Å². The number of nitrogens with zero attached hydrogens (tertiary/aromatic N) is 3. The van der Waals surface area contributed by atoms with E-state index in [1.165, 1.54) is 6.39 Å². The molecule has 0 fully saturated rings. The Labute approximate surface area is 149 Å². The molecule has 4 aromatic rings. The Morgan fingerprint density at radius 1 is 1.23 bits per heavy atom. The van der Waals surface area contributed by atoms with Gasteiger partial charge in [-0.25, -0.2) is 0 Å². The average Bonchev–Trinajstić information content (AvgIpc) is 3.32. The summed E-state index contributed by atoms with van der Waals surface area (Å²) in [6.45, 7) is 0.209. The number of aromatic nitrogens is 3. The van der Waals surface area contributed by atoms with Crippen molar-refractivity contribution in [1.29, 1.82) is 0 Å². The van der Waals surface area contributed by atoms with Gasteiger partial charge in [-0.3, -0.25) is 4.79 Å². The highest BCUT2D eigenvalue weighted by Gasteiger charge is 2.09. The molecule has 0 aliphatic carbocycles. The van der Waals surface area contributed by atoms with Crippen LogP contribution in [0.4, 0.5) is 5.69 Å². The van der Waals surface area contributed by atoms with Crippen LogP contribution in [-0.4, -0.2) is 27.8 Å². The molecule has 0 saturated carbocycles. The summed E-state index contributed by atoms with van der Waals surface area (Å²) in [6.07, 6.45) is 3.16. The second kappa shape index (κ2) is 6.72.